The summed E-state index contributed by atoms with van der Waals surface area (Å²) in [5.74, 6) is 0.545. The summed E-state index contributed by atoms with van der Waals surface area (Å²) >= 11 is 0. The molecule has 3 aromatic carbocycles. The lowest BCUT2D eigenvalue weighted by Gasteiger charge is -2.12. The highest BCUT2D eigenvalue weighted by atomic mass is 16.5. The van der Waals surface area contributed by atoms with Crippen molar-refractivity contribution in [2.24, 2.45) is 0 Å². The molecule has 0 aliphatic heterocycles. The molecule has 0 amide bonds. The number of nitrogens with zero attached hydrogens (tertiary/aromatic N) is 3. The van der Waals surface area contributed by atoms with Crippen LogP contribution in [0.25, 0.3) is 22.3 Å². The molecule has 1 heterocycles. The lowest BCUT2D eigenvalue weighted by molar-refractivity contribution is 0.301. The number of hydrogen-bond acceptors (Lipinski definition) is 4. The molecule has 0 bridgehead atoms. The monoisotopic (exact) mass is 337 g/mol. The zero-order chi connectivity index (χ0) is 17.8. The molecule has 0 aliphatic rings. The highest BCUT2D eigenvalue weighted by Gasteiger charge is 2.12. The maximum Gasteiger partial charge on any atom is 0.137 e. The molecule has 4 rings (SSSR count). The Labute approximate surface area is 151 Å². The quantitative estimate of drug-likeness (QED) is 0.539. The molecule has 124 valence electrons. The van der Waals surface area contributed by atoms with Crippen LogP contribution in [0.2, 0.25) is 0 Å². The SMILES string of the molecule is N#Cc1ccccc1OCc1nc2ccccc2nc1-c1ccccc1. The summed E-state index contributed by atoms with van der Waals surface area (Å²) in [6.07, 6.45) is 0. The topological polar surface area (TPSA) is 58.8 Å². The van der Waals surface area contributed by atoms with E-state index >= 15 is 0 Å². The van der Waals surface area contributed by atoms with Gasteiger partial charge in [-0.15, -0.1) is 0 Å². The molecule has 26 heavy (non-hydrogen) atoms. The van der Waals surface area contributed by atoms with Gasteiger partial charge in [0.2, 0.25) is 0 Å². The van der Waals surface area contributed by atoms with Gasteiger partial charge in [-0.3, -0.25) is 0 Å². The van der Waals surface area contributed by atoms with Gasteiger partial charge in [-0.2, -0.15) is 5.26 Å². The molecule has 0 fully saturated rings. The lowest BCUT2D eigenvalue weighted by atomic mass is 10.1. The molecular weight excluding hydrogens is 322 g/mol. The normalized spacial score (nSPS) is 10.4. The Morgan fingerprint density at radius 1 is 0.769 bits per heavy atom. The third-order valence-corrected chi connectivity index (χ3v) is 4.06. The molecule has 0 N–H and O–H groups in total. The fraction of sp³-hybridized carbons (Fsp3) is 0.0455. The Balaban J connectivity index is 1.76. The zero-order valence-corrected chi connectivity index (χ0v) is 14.0. The minimum Gasteiger partial charge on any atom is -0.486 e. The third kappa shape index (κ3) is 3.11. The van der Waals surface area contributed by atoms with E-state index in [2.05, 4.69) is 6.07 Å². The van der Waals surface area contributed by atoms with Gasteiger partial charge in [0.1, 0.15) is 24.1 Å². The number of rotatable bonds is 4. The van der Waals surface area contributed by atoms with Crippen molar-refractivity contribution in [1.82, 2.24) is 9.97 Å². The molecule has 4 aromatic rings. The van der Waals surface area contributed by atoms with Gasteiger partial charge in [-0.25, -0.2) is 9.97 Å². The van der Waals surface area contributed by atoms with Crippen LogP contribution in [-0.2, 0) is 6.61 Å². The second-order valence-electron chi connectivity index (χ2n) is 5.77. The summed E-state index contributed by atoms with van der Waals surface area (Å²) in [4.78, 5) is 9.54. The molecule has 0 saturated heterocycles. The lowest BCUT2D eigenvalue weighted by Crippen LogP contribution is -2.04. The van der Waals surface area contributed by atoms with Gasteiger partial charge in [0, 0.05) is 5.56 Å². The standard InChI is InChI=1S/C22H15N3O/c23-14-17-10-4-7-13-21(17)26-15-20-22(16-8-2-1-3-9-16)25-19-12-6-5-11-18(19)24-20/h1-13H,15H2. The second kappa shape index (κ2) is 7.04. The molecule has 4 heteroatoms. The van der Waals surface area contributed by atoms with Gasteiger partial charge >= 0.3 is 0 Å². The van der Waals surface area contributed by atoms with Crippen molar-refractivity contribution in [2.75, 3.05) is 0 Å². The first-order chi connectivity index (χ1) is 12.8. The van der Waals surface area contributed by atoms with E-state index in [1.165, 1.54) is 0 Å². The predicted octanol–water partition coefficient (Wildman–Crippen LogP) is 4.75. The maximum atomic E-state index is 9.23. The van der Waals surface area contributed by atoms with Crippen molar-refractivity contribution < 1.29 is 4.74 Å². The van der Waals surface area contributed by atoms with Crippen molar-refractivity contribution >= 4 is 11.0 Å². The van der Waals surface area contributed by atoms with E-state index in [1.807, 2.05) is 66.7 Å². The molecule has 0 aliphatic carbocycles. The molecule has 0 spiro atoms. The number of nitriles is 1. The number of aromatic nitrogens is 2. The minimum absolute atomic E-state index is 0.237. The van der Waals surface area contributed by atoms with Crippen molar-refractivity contribution in [3.63, 3.8) is 0 Å². The Morgan fingerprint density at radius 3 is 2.19 bits per heavy atom. The Hall–Kier alpha value is -3.71. The molecule has 0 unspecified atom stereocenters. The summed E-state index contributed by atoms with van der Waals surface area (Å²) in [7, 11) is 0. The first-order valence-electron chi connectivity index (χ1n) is 8.28. The van der Waals surface area contributed by atoms with E-state index in [9.17, 15) is 5.26 Å². The third-order valence-electron chi connectivity index (χ3n) is 4.06. The number of hydrogen-bond donors (Lipinski definition) is 0. The average Bonchev–Trinajstić information content (AvgIpc) is 2.72. The smallest absolute Gasteiger partial charge is 0.137 e. The van der Waals surface area contributed by atoms with Crippen LogP contribution in [0.5, 0.6) is 5.75 Å². The largest absolute Gasteiger partial charge is 0.486 e. The summed E-state index contributed by atoms with van der Waals surface area (Å²) in [6.45, 7) is 0.237. The van der Waals surface area contributed by atoms with Crippen molar-refractivity contribution in [2.45, 2.75) is 6.61 Å². The highest BCUT2D eigenvalue weighted by molar-refractivity contribution is 5.78. The molecule has 0 radical (unpaired) electrons. The first kappa shape index (κ1) is 15.8. The van der Waals surface area contributed by atoms with Gasteiger partial charge in [0.15, 0.2) is 0 Å². The number of benzene rings is 3. The summed E-state index contributed by atoms with van der Waals surface area (Å²) in [5, 5.41) is 9.23. The molecule has 4 nitrogen and oxygen atoms in total. The van der Waals surface area contributed by atoms with Crippen LogP contribution >= 0.6 is 0 Å². The summed E-state index contributed by atoms with van der Waals surface area (Å²) in [6, 6.07) is 27.0. The van der Waals surface area contributed by atoms with Crippen molar-refractivity contribution in [3.8, 4) is 23.1 Å². The van der Waals surface area contributed by atoms with Crippen LogP contribution in [0.4, 0.5) is 0 Å². The zero-order valence-electron chi connectivity index (χ0n) is 14.0. The number of fused-ring (bicyclic) bond motifs is 1. The minimum atomic E-state index is 0.237. The predicted molar refractivity (Wildman–Crippen MR) is 100 cm³/mol. The number of ether oxygens (including phenoxy) is 1. The van der Waals surface area contributed by atoms with E-state index in [1.54, 1.807) is 12.1 Å². The van der Waals surface area contributed by atoms with Crippen molar-refractivity contribution in [1.29, 1.82) is 5.26 Å². The summed E-state index contributed by atoms with van der Waals surface area (Å²) in [5.41, 5.74) is 4.67. The molecular formula is C22H15N3O. The van der Waals surface area contributed by atoms with Crippen LogP contribution in [0, 0.1) is 11.3 Å². The maximum absolute atomic E-state index is 9.23. The second-order valence-corrected chi connectivity index (χ2v) is 5.77. The van der Waals surface area contributed by atoms with E-state index < -0.39 is 0 Å². The number of para-hydroxylation sites is 3. The highest BCUT2D eigenvalue weighted by Crippen LogP contribution is 2.25. The molecule has 0 atom stereocenters. The van der Waals surface area contributed by atoms with Crippen LogP contribution < -0.4 is 4.74 Å². The van der Waals surface area contributed by atoms with Gasteiger partial charge in [0.25, 0.3) is 0 Å². The van der Waals surface area contributed by atoms with Crippen molar-refractivity contribution in [3.05, 3.63) is 90.1 Å². The Morgan fingerprint density at radius 2 is 1.42 bits per heavy atom. The van der Waals surface area contributed by atoms with E-state index in [0.717, 1.165) is 28.0 Å². The van der Waals surface area contributed by atoms with Crippen LogP contribution in [-0.4, -0.2) is 9.97 Å². The van der Waals surface area contributed by atoms with E-state index in [-0.39, 0.29) is 6.61 Å². The summed E-state index contributed by atoms with van der Waals surface area (Å²) < 4.78 is 5.90. The van der Waals surface area contributed by atoms with Gasteiger partial charge in [-0.05, 0) is 24.3 Å². The van der Waals surface area contributed by atoms with Crippen LogP contribution in [0.1, 0.15) is 11.3 Å². The fourth-order valence-electron chi connectivity index (χ4n) is 2.80. The van der Waals surface area contributed by atoms with Gasteiger partial charge in [-0.1, -0.05) is 54.6 Å². The van der Waals surface area contributed by atoms with Crippen LogP contribution in [0.15, 0.2) is 78.9 Å². The van der Waals surface area contributed by atoms with E-state index in [4.69, 9.17) is 14.7 Å². The molecule has 1 aromatic heterocycles. The first-order valence-corrected chi connectivity index (χ1v) is 8.28. The molecule has 0 saturated carbocycles. The average molecular weight is 337 g/mol. The Bertz CT molecular complexity index is 1100. The van der Waals surface area contributed by atoms with Crippen LogP contribution in [0.3, 0.4) is 0 Å². The van der Waals surface area contributed by atoms with E-state index in [0.29, 0.717) is 11.3 Å². The van der Waals surface area contributed by atoms with Gasteiger partial charge in [0.05, 0.1) is 22.3 Å². The van der Waals surface area contributed by atoms with Gasteiger partial charge < -0.3 is 4.74 Å². The Kier molecular flexibility index (Phi) is 4.28. The fourth-order valence-corrected chi connectivity index (χ4v) is 2.80.